The first-order valence-corrected chi connectivity index (χ1v) is 6.22. The van der Waals surface area contributed by atoms with E-state index in [2.05, 4.69) is 11.0 Å². The Kier molecular flexibility index (Phi) is 5.63. The lowest BCUT2D eigenvalue weighted by Gasteiger charge is -2.25. The van der Waals surface area contributed by atoms with Gasteiger partial charge in [-0.05, 0) is 19.5 Å². The van der Waals surface area contributed by atoms with E-state index in [0.717, 1.165) is 12.1 Å². The molecule has 2 atom stereocenters. The van der Waals surface area contributed by atoms with Gasteiger partial charge in [-0.1, -0.05) is 25.1 Å². The third kappa shape index (κ3) is 4.02. The average molecular weight is 247 g/mol. The largest absolute Gasteiger partial charge is 0.398 e. The molecule has 1 rings (SSSR count). The number of anilines is 1. The number of benzene rings is 1. The van der Waals surface area contributed by atoms with E-state index in [9.17, 15) is 5.11 Å². The minimum Gasteiger partial charge on any atom is -0.398 e. The van der Waals surface area contributed by atoms with E-state index in [0.29, 0.717) is 18.8 Å². The smallest absolute Gasteiger partial charge is 0.0936 e. The summed E-state index contributed by atoms with van der Waals surface area (Å²) in [4.78, 5) is 2.06. The van der Waals surface area contributed by atoms with Gasteiger partial charge in [-0.3, -0.25) is 4.90 Å². The van der Waals surface area contributed by atoms with E-state index < -0.39 is 6.10 Å². The van der Waals surface area contributed by atoms with Gasteiger partial charge in [0.05, 0.1) is 18.1 Å². The van der Waals surface area contributed by atoms with Gasteiger partial charge < -0.3 is 10.8 Å². The lowest BCUT2D eigenvalue weighted by Crippen LogP contribution is -2.32. The van der Waals surface area contributed by atoms with Crippen LogP contribution in [0, 0.1) is 17.2 Å². The third-order valence-electron chi connectivity index (χ3n) is 2.99. The van der Waals surface area contributed by atoms with E-state index in [1.807, 2.05) is 32.0 Å². The van der Waals surface area contributed by atoms with Crippen LogP contribution in [0.2, 0.25) is 0 Å². The quantitative estimate of drug-likeness (QED) is 0.752. The maximum absolute atomic E-state index is 10.2. The van der Waals surface area contributed by atoms with Crippen LogP contribution in [-0.2, 0) is 0 Å². The number of nitriles is 1. The molecule has 0 aliphatic rings. The minimum absolute atomic E-state index is 0.0368. The Bertz CT molecular complexity index is 414. The standard InChI is InChI=1S/C14H21N3O/c1-3-17(9-11(2)8-15)10-14(18)12-6-4-5-7-13(12)16/h4-7,11,14,18H,3,9-10,16H2,1-2H3. The average Bonchev–Trinajstić information content (AvgIpc) is 2.38. The molecule has 0 fully saturated rings. The van der Waals surface area contributed by atoms with Gasteiger partial charge in [-0.25, -0.2) is 0 Å². The van der Waals surface area contributed by atoms with Gasteiger partial charge in [-0.15, -0.1) is 0 Å². The maximum atomic E-state index is 10.2. The lowest BCUT2D eigenvalue weighted by molar-refractivity contribution is 0.112. The van der Waals surface area contributed by atoms with Gasteiger partial charge >= 0.3 is 0 Å². The summed E-state index contributed by atoms with van der Waals surface area (Å²) < 4.78 is 0. The van der Waals surface area contributed by atoms with Crippen LogP contribution in [-0.4, -0.2) is 29.6 Å². The Morgan fingerprint density at radius 2 is 2.06 bits per heavy atom. The van der Waals surface area contributed by atoms with Crippen LogP contribution in [0.15, 0.2) is 24.3 Å². The van der Waals surface area contributed by atoms with Crippen molar-refractivity contribution < 1.29 is 5.11 Å². The highest BCUT2D eigenvalue weighted by Gasteiger charge is 2.16. The Morgan fingerprint density at radius 1 is 1.39 bits per heavy atom. The zero-order valence-electron chi connectivity index (χ0n) is 11.0. The van der Waals surface area contributed by atoms with Crippen molar-refractivity contribution in [3.63, 3.8) is 0 Å². The van der Waals surface area contributed by atoms with Crippen molar-refractivity contribution >= 4 is 5.69 Å². The number of likely N-dealkylation sites (N-methyl/N-ethyl adjacent to an activating group) is 1. The first-order valence-electron chi connectivity index (χ1n) is 6.22. The second kappa shape index (κ2) is 7.00. The maximum Gasteiger partial charge on any atom is 0.0936 e. The van der Waals surface area contributed by atoms with Crippen LogP contribution < -0.4 is 5.73 Å². The van der Waals surface area contributed by atoms with Crippen molar-refractivity contribution in [2.24, 2.45) is 5.92 Å². The van der Waals surface area contributed by atoms with Crippen molar-refractivity contribution in [1.82, 2.24) is 4.90 Å². The normalized spacial score (nSPS) is 14.2. The van der Waals surface area contributed by atoms with Crippen molar-refractivity contribution in [1.29, 1.82) is 5.26 Å². The Labute approximate surface area is 109 Å². The number of aliphatic hydroxyl groups is 1. The number of nitrogens with zero attached hydrogens (tertiary/aromatic N) is 2. The fraction of sp³-hybridized carbons (Fsp3) is 0.500. The van der Waals surface area contributed by atoms with E-state index in [-0.39, 0.29) is 5.92 Å². The number of aliphatic hydroxyl groups excluding tert-OH is 1. The van der Waals surface area contributed by atoms with E-state index >= 15 is 0 Å². The van der Waals surface area contributed by atoms with Crippen molar-refractivity contribution in [3.05, 3.63) is 29.8 Å². The molecule has 3 N–H and O–H groups in total. The molecule has 0 spiro atoms. The van der Waals surface area contributed by atoms with Gasteiger partial charge in [0.2, 0.25) is 0 Å². The SMILES string of the molecule is CCN(CC(C)C#N)CC(O)c1ccccc1N. The van der Waals surface area contributed by atoms with E-state index in [1.54, 1.807) is 6.07 Å². The molecule has 0 heterocycles. The summed E-state index contributed by atoms with van der Waals surface area (Å²) in [5.74, 6) is -0.0368. The van der Waals surface area contributed by atoms with Crippen LogP contribution in [0.1, 0.15) is 25.5 Å². The van der Waals surface area contributed by atoms with Crippen molar-refractivity contribution in [2.45, 2.75) is 20.0 Å². The van der Waals surface area contributed by atoms with Crippen LogP contribution in [0.5, 0.6) is 0 Å². The summed E-state index contributed by atoms with van der Waals surface area (Å²) >= 11 is 0. The molecular formula is C14H21N3O. The molecule has 98 valence electrons. The molecule has 0 aromatic heterocycles. The third-order valence-corrected chi connectivity index (χ3v) is 2.99. The fourth-order valence-electron chi connectivity index (χ4n) is 1.92. The molecule has 1 aromatic carbocycles. The first-order chi connectivity index (χ1) is 8.58. The van der Waals surface area contributed by atoms with Gasteiger partial charge in [-0.2, -0.15) is 5.26 Å². The Morgan fingerprint density at radius 3 is 2.61 bits per heavy atom. The molecule has 0 aliphatic heterocycles. The zero-order valence-corrected chi connectivity index (χ0v) is 11.0. The molecular weight excluding hydrogens is 226 g/mol. The molecule has 0 saturated carbocycles. The first kappa shape index (κ1) is 14.5. The fourth-order valence-corrected chi connectivity index (χ4v) is 1.92. The highest BCUT2D eigenvalue weighted by Crippen LogP contribution is 2.20. The molecule has 0 radical (unpaired) electrons. The molecule has 0 amide bonds. The van der Waals surface area contributed by atoms with Gasteiger partial charge in [0.1, 0.15) is 0 Å². The topological polar surface area (TPSA) is 73.3 Å². The minimum atomic E-state index is -0.614. The molecule has 4 heteroatoms. The molecule has 0 saturated heterocycles. The summed E-state index contributed by atoms with van der Waals surface area (Å²) in [5, 5.41) is 19.0. The number of hydrogen-bond donors (Lipinski definition) is 2. The number of nitrogens with two attached hydrogens (primary N) is 1. The summed E-state index contributed by atoms with van der Waals surface area (Å²) in [6.45, 7) is 5.86. The molecule has 1 aromatic rings. The van der Waals surface area contributed by atoms with E-state index in [1.165, 1.54) is 0 Å². The van der Waals surface area contributed by atoms with Crippen molar-refractivity contribution in [3.8, 4) is 6.07 Å². The number of hydrogen-bond acceptors (Lipinski definition) is 4. The monoisotopic (exact) mass is 247 g/mol. The van der Waals surface area contributed by atoms with Crippen molar-refractivity contribution in [2.75, 3.05) is 25.4 Å². The second-order valence-corrected chi connectivity index (χ2v) is 4.53. The summed E-state index contributed by atoms with van der Waals surface area (Å²) in [6, 6.07) is 9.54. The van der Waals surface area contributed by atoms with E-state index in [4.69, 9.17) is 11.0 Å². The number of nitrogen functional groups attached to an aromatic ring is 1. The van der Waals surface area contributed by atoms with Crippen LogP contribution >= 0.6 is 0 Å². The Hall–Kier alpha value is -1.57. The lowest BCUT2D eigenvalue weighted by atomic mass is 10.1. The molecule has 18 heavy (non-hydrogen) atoms. The highest BCUT2D eigenvalue weighted by atomic mass is 16.3. The van der Waals surface area contributed by atoms with Crippen LogP contribution in [0.3, 0.4) is 0 Å². The number of rotatable bonds is 6. The second-order valence-electron chi connectivity index (χ2n) is 4.53. The van der Waals surface area contributed by atoms with Gasteiger partial charge in [0, 0.05) is 24.3 Å². The molecule has 2 unspecified atom stereocenters. The number of para-hydroxylation sites is 1. The predicted octanol–water partition coefficient (Wildman–Crippen LogP) is 1.78. The van der Waals surface area contributed by atoms with Gasteiger partial charge in [0.25, 0.3) is 0 Å². The molecule has 4 nitrogen and oxygen atoms in total. The molecule has 0 aliphatic carbocycles. The summed E-state index contributed by atoms with van der Waals surface area (Å²) in [5.41, 5.74) is 7.19. The Balaban J connectivity index is 2.65. The zero-order chi connectivity index (χ0) is 13.5. The molecule has 0 bridgehead atoms. The predicted molar refractivity (Wildman–Crippen MR) is 72.7 cm³/mol. The highest BCUT2D eigenvalue weighted by molar-refractivity contribution is 5.47. The summed E-state index contributed by atoms with van der Waals surface area (Å²) in [6.07, 6.45) is -0.614. The van der Waals surface area contributed by atoms with Crippen LogP contribution in [0.4, 0.5) is 5.69 Å². The van der Waals surface area contributed by atoms with Crippen LogP contribution in [0.25, 0.3) is 0 Å². The van der Waals surface area contributed by atoms with Gasteiger partial charge in [0.15, 0.2) is 0 Å². The summed E-state index contributed by atoms with van der Waals surface area (Å²) in [7, 11) is 0.